The minimum absolute atomic E-state index is 0. The zero-order chi connectivity index (χ0) is 18.1. The first-order chi connectivity index (χ1) is 12.1. The van der Waals surface area contributed by atoms with Gasteiger partial charge in [0.1, 0.15) is 12.2 Å². The monoisotopic (exact) mass is 471 g/mol. The molecule has 0 radical (unpaired) electrons. The Morgan fingerprint density at radius 2 is 1.85 bits per heavy atom. The number of aryl methyl sites for hydroxylation is 1. The summed E-state index contributed by atoms with van der Waals surface area (Å²) in [5.41, 5.74) is 2.55. The van der Waals surface area contributed by atoms with Gasteiger partial charge in [0, 0.05) is 39.6 Å². The van der Waals surface area contributed by atoms with Crippen molar-refractivity contribution >= 4 is 29.9 Å². The highest BCUT2D eigenvalue weighted by molar-refractivity contribution is 14.0. The van der Waals surface area contributed by atoms with Crippen molar-refractivity contribution in [3.05, 3.63) is 47.5 Å². The molecule has 0 unspecified atom stereocenters. The van der Waals surface area contributed by atoms with Crippen molar-refractivity contribution < 1.29 is 0 Å². The summed E-state index contributed by atoms with van der Waals surface area (Å²) < 4.78 is 2.06. The van der Waals surface area contributed by atoms with Gasteiger partial charge in [-0.25, -0.2) is 0 Å². The van der Waals surface area contributed by atoms with Gasteiger partial charge in [0.2, 0.25) is 0 Å². The minimum Gasteiger partial charge on any atom is -0.355 e. The molecule has 8 heteroatoms. The molecule has 0 amide bonds. The van der Waals surface area contributed by atoms with Gasteiger partial charge in [0.25, 0.3) is 0 Å². The van der Waals surface area contributed by atoms with Crippen molar-refractivity contribution in [2.75, 3.05) is 27.7 Å². The molecule has 0 saturated carbocycles. The summed E-state index contributed by atoms with van der Waals surface area (Å²) in [6, 6.07) is 8.66. The van der Waals surface area contributed by atoms with E-state index in [1.165, 1.54) is 11.1 Å². The molecule has 0 aliphatic carbocycles. The maximum Gasteiger partial charge on any atom is 0.191 e. The number of hydrogen-bond acceptors (Lipinski definition) is 4. The Kier molecular flexibility index (Phi) is 10.2. The van der Waals surface area contributed by atoms with Crippen LogP contribution in [0.25, 0.3) is 0 Å². The smallest absolute Gasteiger partial charge is 0.191 e. The maximum atomic E-state index is 4.27. The number of aliphatic imine (C=N–C) groups is 1. The third kappa shape index (κ3) is 7.28. The van der Waals surface area contributed by atoms with E-state index in [9.17, 15) is 0 Å². The summed E-state index contributed by atoms with van der Waals surface area (Å²) >= 11 is 0. The number of guanidine groups is 1. The van der Waals surface area contributed by atoms with Crippen molar-refractivity contribution in [1.29, 1.82) is 0 Å². The van der Waals surface area contributed by atoms with Crippen LogP contribution in [-0.4, -0.2) is 53.3 Å². The Balaban J connectivity index is 0.00000338. The molecule has 2 N–H and O–H groups in total. The highest BCUT2D eigenvalue weighted by Crippen LogP contribution is 2.06. The first kappa shape index (κ1) is 22.4. The quantitative estimate of drug-likeness (QED) is 0.350. The second kappa shape index (κ2) is 11.8. The molecule has 1 aromatic heterocycles. The molecule has 2 aromatic rings. The third-order valence-corrected chi connectivity index (χ3v) is 3.86. The lowest BCUT2D eigenvalue weighted by molar-refractivity contribution is 0.402. The number of nitrogens with one attached hydrogen (secondary N) is 2. The summed E-state index contributed by atoms with van der Waals surface area (Å²) in [7, 11) is 5.94. The van der Waals surface area contributed by atoms with E-state index < -0.39 is 0 Å². The van der Waals surface area contributed by atoms with E-state index in [1.54, 1.807) is 13.4 Å². The molecule has 144 valence electrons. The average molecular weight is 471 g/mol. The number of benzene rings is 1. The topological polar surface area (TPSA) is 70.4 Å². The Labute approximate surface area is 173 Å². The molecule has 0 aliphatic heterocycles. The lowest BCUT2D eigenvalue weighted by atomic mass is 10.1. The second-order valence-electron chi connectivity index (χ2n) is 6.20. The molecule has 0 fully saturated rings. The maximum absolute atomic E-state index is 4.27. The van der Waals surface area contributed by atoms with Crippen LogP contribution in [-0.2, 0) is 26.1 Å². The summed E-state index contributed by atoms with van der Waals surface area (Å²) in [6.07, 6.45) is 2.66. The van der Waals surface area contributed by atoms with E-state index in [0.29, 0.717) is 0 Å². The molecular weight excluding hydrogens is 441 g/mol. The first-order valence-corrected chi connectivity index (χ1v) is 8.66. The fraction of sp³-hybridized carbons (Fsp3) is 0.500. The molecule has 0 saturated heterocycles. The summed E-state index contributed by atoms with van der Waals surface area (Å²) in [6.45, 7) is 5.37. The van der Waals surface area contributed by atoms with Crippen molar-refractivity contribution in [1.82, 2.24) is 30.3 Å². The van der Waals surface area contributed by atoms with Crippen molar-refractivity contribution in [2.24, 2.45) is 4.99 Å². The number of halogens is 1. The SMILES string of the molecule is CCc1nncn1CCNC(=NC)NCc1ccc(CN(C)C)cc1.I. The van der Waals surface area contributed by atoms with Crippen LogP contribution in [0.3, 0.4) is 0 Å². The number of hydrogen-bond donors (Lipinski definition) is 2. The zero-order valence-electron chi connectivity index (χ0n) is 16.1. The number of rotatable bonds is 8. The Bertz CT molecular complexity index is 664. The van der Waals surface area contributed by atoms with Crippen LogP contribution in [0.1, 0.15) is 23.9 Å². The van der Waals surface area contributed by atoms with Crippen LogP contribution in [0, 0.1) is 0 Å². The molecule has 0 bridgehead atoms. The largest absolute Gasteiger partial charge is 0.355 e. The van der Waals surface area contributed by atoms with Crippen LogP contribution in [0.2, 0.25) is 0 Å². The van der Waals surface area contributed by atoms with Crippen LogP contribution in [0.15, 0.2) is 35.6 Å². The van der Waals surface area contributed by atoms with E-state index >= 15 is 0 Å². The second-order valence-corrected chi connectivity index (χ2v) is 6.20. The van der Waals surface area contributed by atoms with Crippen molar-refractivity contribution in [3.8, 4) is 0 Å². The third-order valence-electron chi connectivity index (χ3n) is 3.86. The molecular formula is C18H30IN7. The lowest BCUT2D eigenvalue weighted by Crippen LogP contribution is -2.38. The van der Waals surface area contributed by atoms with Gasteiger partial charge in [-0.15, -0.1) is 34.2 Å². The normalized spacial score (nSPS) is 11.3. The van der Waals surface area contributed by atoms with E-state index in [2.05, 4.69) is 80.6 Å². The van der Waals surface area contributed by atoms with Gasteiger partial charge in [-0.1, -0.05) is 31.2 Å². The molecule has 1 heterocycles. The molecule has 2 rings (SSSR count). The zero-order valence-corrected chi connectivity index (χ0v) is 18.4. The highest BCUT2D eigenvalue weighted by atomic mass is 127. The summed E-state index contributed by atoms with van der Waals surface area (Å²) in [5, 5.41) is 14.7. The average Bonchev–Trinajstić information content (AvgIpc) is 3.06. The lowest BCUT2D eigenvalue weighted by Gasteiger charge is -2.13. The first-order valence-electron chi connectivity index (χ1n) is 8.66. The molecule has 0 spiro atoms. The van der Waals surface area contributed by atoms with Gasteiger partial charge in [0.05, 0.1) is 0 Å². The Morgan fingerprint density at radius 3 is 2.46 bits per heavy atom. The number of aromatic nitrogens is 3. The van der Waals surface area contributed by atoms with E-state index in [-0.39, 0.29) is 24.0 Å². The molecule has 0 atom stereocenters. The predicted octanol–water partition coefficient (Wildman–Crippen LogP) is 1.89. The van der Waals surface area contributed by atoms with Gasteiger partial charge in [-0.3, -0.25) is 4.99 Å². The molecule has 26 heavy (non-hydrogen) atoms. The van der Waals surface area contributed by atoms with Crippen molar-refractivity contribution in [3.63, 3.8) is 0 Å². The fourth-order valence-electron chi connectivity index (χ4n) is 2.57. The van der Waals surface area contributed by atoms with Crippen LogP contribution in [0.5, 0.6) is 0 Å². The van der Waals surface area contributed by atoms with Gasteiger partial charge in [-0.2, -0.15) is 0 Å². The number of nitrogens with zero attached hydrogens (tertiary/aromatic N) is 5. The van der Waals surface area contributed by atoms with E-state index in [1.807, 2.05) is 0 Å². The molecule has 1 aromatic carbocycles. The van der Waals surface area contributed by atoms with Crippen molar-refractivity contribution in [2.45, 2.75) is 33.0 Å². The standard InChI is InChI=1S/C18H29N7.HI/c1-5-17-23-22-14-25(17)11-10-20-18(19-2)21-12-15-6-8-16(9-7-15)13-24(3)4;/h6-9,14H,5,10-13H2,1-4H3,(H2,19,20,21);1H. The van der Waals surface area contributed by atoms with Gasteiger partial charge >= 0.3 is 0 Å². The Hall–Kier alpha value is -1.68. The minimum atomic E-state index is 0. The highest BCUT2D eigenvalue weighted by Gasteiger charge is 2.03. The molecule has 7 nitrogen and oxygen atoms in total. The fourth-order valence-corrected chi connectivity index (χ4v) is 2.57. The summed E-state index contributed by atoms with van der Waals surface area (Å²) in [4.78, 5) is 6.43. The van der Waals surface area contributed by atoms with E-state index in [0.717, 1.165) is 44.4 Å². The molecule has 0 aliphatic rings. The Morgan fingerprint density at radius 1 is 1.15 bits per heavy atom. The van der Waals surface area contributed by atoms with Crippen LogP contribution < -0.4 is 10.6 Å². The van der Waals surface area contributed by atoms with Gasteiger partial charge < -0.3 is 20.1 Å². The van der Waals surface area contributed by atoms with Crippen LogP contribution in [0.4, 0.5) is 0 Å². The van der Waals surface area contributed by atoms with E-state index in [4.69, 9.17) is 0 Å². The predicted molar refractivity (Wildman–Crippen MR) is 117 cm³/mol. The van der Waals surface area contributed by atoms with Gasteiger partial charge in [-0.05, 0) is 25.2 Å². The summed E-state index contributed by atoms with van der Waals surface area (Å²) in [5.74, 6) is 1.80. The van der Waals surface area contributed by atoms with Gasteiger partial charge in [0.15, 0.2) is 5.96 Å². The van der Waals surface area contributed by atoms with Crippen LogP contribution >= 0.6 is 24.0 Å².